The van der Waals surface area contributed by atoms with Crippen LogP contribution in [0.25, 0.3) is 0 Å². The average Bonchev–Trinajstić information content (AvgIpc) is 2.63. The summed E-state index contributed by atoms with van der Waals surface area (Å²) in [4.78, 5) is 2.49. The van der Waals surface area contributed by atoms with Crippen molar-refractivity contribution >= 4 is 9.84 Å². The maximum atomic E-state index is 11.9. The summed E-state index contributed by atoms with van der Waals surface area (Å²) < 4.78 is 23.8. The Kier molecular flexibility index (Phi) is 4.27. The second-order valence-electron chi connectivity index (χ2n) is 7.88. The Labute approximate surface area is 124 Å². The molecule has 0 aromatic heterocycles. The predicted molar refractivity (Wildman–Crippen MR) is 83.7 cm³/mol. The maximum absolute atomic E-state index is 11.9. The molecule has 2 rings (SSSR count). The van der Waals surface area contributed by atoms with Crippen molar-refractivity contribution in [1.29, 1.82) is 0 Å². The molecule has 2 saturated heterocycles. The molecule has 2 aliphatic rings. The summed E-state index contributed by atoms with van der Waals surface area (Å²) in [5, 5.41) is 3.66. The predicted octanol–water partition coefficient (Wildman–Crippen LogP) is 1.66. The van der Waals surface area contributed by atoms with Crippen LogP contribution in [0.3, 0.4) is 0 Å². The van der Waals surface area contributed by atoms with Gasteiger partial charge < -0.3 is 5.32 Å². The van der Waals surface area contributed by atoms with E-state index in [0.29, 0.717) is 23.6 Å². The van der Waals surface area contributed by atoms with Crippen molar-refractivity contribution in [3.8, 4) is 0 Å². The van der Waals surface area contributed by atoms with Crippen LogP contribution in [0.15, 0.2) is 0 Å². The summed E-state index contributed by atoms with van der Waals surface area (Å²) in [7, 11) is -2.85. The number of sulfone groups is 1. The summed E-state index contributed by atoms with van der Waals surface area (Å²) in [5.41, 5.74) is 0.0237. The minimum absolute atomic E-state index is 0.175. The molecule has 118 valence electrons. The largest absolute Gasteiger partial charge is 0.311 e. The molecule has 2 aliphatic heterocycles. The fourth-order valence-electron chi connectivity index (χ4n) is 3.62. The molecule has 0 aliphatic carbocycles. The second kappa shape index (κ2) is 5.25. The third kappa shape index (κ3) is 3.20. The lowest BCUT2D eigenvalue weighted by Crippen LogP contribution is -2.66. The molecule has 0 radical (unpaired) electrons. The van der Waals surface area contributed by atoms with E-state index in [0.717, 1.165) is 25.9 Å². The first-order valence-corrected chi connectivity index (χ1v) is 9.60. The number of hydrogen-bond acceptors (Lipinski definition) is 4. The van der Waals surface area contributed by atoms with Crippen molar-refractivity contribution in [2.24, 2.45) is 5.41 Å². The first-order chi connectivity index (χ1) is 9.07. The molecule has 0 aromatic rings. The number of rotatable bonds is 2. The zero-order chi connectivity index (χ0) is 15.2. The van der Waals surface area contributed by atoms with Crippen LogP contribution in [0.2, 0.25) is 0 Å². The van der Waals surface area contributed by atoms with Crippen LogP contribution in [0, 0.1) is 5.41 Å². The van der Waals surface area contributed by atoms with Gasteiger partial charge in [0, 0.05) is 30.7 Å². The van der Waals surface area contributed by atoms with Crippen molar-refractivity contribution in [1.82, 2.24) is 10.2 Å². The quantitative estimate of drug-likeness (QED) is 0.843. The van der Waals surface area contributed by atoms with Gasteiger partial charge in [-0.25, -0.2) is 8.42 Å². The smallest absolute Gasteiger partial charge is 0.152 e. The van der Waals surface area contributed by atoms with Gasteiger partial charge in [-0.1, -0.05) is 27.7 Å². The Morgan fingerprint density at radius 2 is 2.00 bits per heavy atom. The highest BCUT2D eigenvalue weighted by Gasteiger charge is 2.47. The molecule has 0 spiro atoms. The topological polar surface area (TPSA) is 49.4 Å². The molecule has 0 saturated carbocycles. The summed E-state index contributed by atoms with van der Waals surface area (Å²) in [6.07, 6.45) is 1.85. The lowest BCUT2D eigenvalue weighted by atomic mass is 9.82. The van der Waals surface area contributed by atoms with Gasteiger partial charge in [0.25, 0.3) is 0 Å². The lowest BCUT2D eigenvalue weighted by Gasteiger charge is -2.51. The molecule has 3 unspecified atom stereocenters. The number of hydrogen-bond donors (Lipinski definition) is 1. The third-order valence-electron chi connectivity index (χ3n) is 5.11. The number of piperazine rings is 1. The monoisotopic (exact) mass is 302 g/mol. The average molecular weight is 302 g/mol. The van der Waals surface area contributed by atoms with E-state index in [9.17, 15) is 8.42 Å². The van der Waals surface area contributed by atoms with Gasteiger partial charge in [0.15, 0.2) is 9.84 Å². The van der Waals surface area contributed by atoms with Crippen LogP contribution < -0.4 is 5.32 Å². The Bertz CT molecular complexity index is 455. The van der Waals surface area contributed by atoms with Gasteiger partial charge in [-0.3, -0.25) is 4.90 Å². The molecule has 0 amide bonds. The van der Waals surface area contributed by atoms with E-state index in [1.807, 2.05) is 0 Å². The van der Waals surface area contributed by atoms with E-state index in [4.69, 9.17) is 0 Å². The highest BCUT2D eigenvalue weighted by Crippen LogP contribution is 2.35. The van der Waals surface area contributed by atoms with Crippen molar-refractivity contribution < 1.29 is 8.42 Å². The Balaban J connectivity index is 2.22. The standard InChI is InChI=1S/C15H30N2O2S/c1-6-12-9-16-13(14(2,3)4)10-17(12)15(5)7-8-20(18,19)11-15/h12-13,16H,6-11H2,1-5H3. The summed E-state index contributed by atoms with van der Waals surface area (Å²) in [6.45, 7) is 13.0. The molecule has 4 nitrogen and oxygen atoms in total. The van der Waals surface area contributed by atoms with Gasteiger partial charge in [-0.2, -0.15) is 0 Å². The molecule has 20 heavy (non-hydrogen) atoms. The molecular weight excluding hydrogens is 272 g/mol. The van der Waals surface area contributed by atoms with Crippen molar-refractivity contribution in [3.05, 3.63) is 0 Å². The summed E-state index contributed by atoms with van der Waals surface area (Å²) >= 11 is 0. The Morgan fingerprint density at radius 3 is 2.45 bits per heavy atom. The highest BCUT2D eigenvalue weighted by molar-refractivity contribution is 7.91. The molecule has 3 atom stereocenters. The van der Waals surface area contributed by atoms with E-state index >= 15 is 0 Å². The normalized spacial score (nSPS) is 39.0. The van der Waals surface area contributed by atoms with Crippen LogP contribution in [0.4, 0.5) is 0 Å². The van der Waals surface area contributed by atoms with E-state index in [1.54, 1.807) is 0 Å². The minimum atomic E-state index is -2.85. The number of nitrogens with one attached hydrogen (secondary N) is 1. The fraction of sp³-hybridized carbons (Fsp3) is 1.00. The van der Waals surface area contributed by atoms with Gasteiger partial charge >= 0.3 is 0 Å². The first kappa shape index (κ1) is 16.2. The SMILES string of the molecule is CCC1CNC(C(C)(C)C)CN1C1(C)CCS(=O)(=O)C1. The molecule has 0 aromatic carbocycles. The minimum Gasteiger partial charge on any atom is -0.311 e. The second-order valence-corrected chi connectivity index (χ2v) is 10.1. The van der Waals surface area contributed by atoms with Crippen LogP contribution in [0.5, 0.6) is 0 Å². The van der Waals surface area contributed by atoms with E-state index in [-0.39, 0.29) is 11.0 Å². The van der Waals surface area contributed by atoms with Crippen molar-refractivity contribution in [2.75, 3.05) is 24.6 Å². The van der Waals surface area contributed by atoms with Crippen molar-refractivity contribution in [3.63, 3.8) is 0 Å². The van der Waals surface area contributed by atoms with Crippen LogP contribution in [0.1, 0.15) is 47.5 Å². The van der Waals surface area contributed by atoms with Crippen LogP contribution in [-0.4, -0.2) is 55.5 Å². The van der Waals surface area contributed by atoms with E-state index in [2.05, 4.69) is 44.8 Å². The summed E-state index contributed by atoms with van der Waals surface area (Å²) in [6, 6.07) is 0.873. The van der Waals surface area contributed by atoms with Gasteiger partial charge in [0.1, 0.15) is 0 Å². The zero-order valence-electron chi connectivity index (χ0n) is 13.6. The number of nitrogens with zero attached hydrogens (tertiary/aromatic N) is 1. The fourth-order valence-corrected chi connectivity index (χ4v) is 5.78. The summed E-state index contributed by atoms with van der Waals surface area (Å²) in [5.74, 6) is 0.678. The molecule has 2 heterocycles. The van der Waals surface area contributed by atoms with Crippen molar-refractivity contribution in [2.45, 2.75) is 65.1 Å². The Morgan fingerprint density at radius 1 is 1.35 bits per heavy atom. The Hall–Kier alpha value is -0.130. The molecule has 0 bridgehead atoms. The lowest BCUT2D eigenvalue weighted by molar-refractivity contribution is 0.0104. The molecular formula is C15H30N2O2S. The van der Waals surface area contributed by atoms with Gasteiger partial charge in [0.05, 0.1) is 11.5 Å². The van der Waals surface area contributed by atoms with Crippen LogP contribution in [-0.2, 0) is 9.84 Å². The molecule has 5 heteroatoms. The van der Waals surface area contributed by atoms with E-state index < -0.39 is 9.84 Å². The van der Waals surface area contributed by atoms with E-state index in [1.165, 1.54) is 0 Å². The molecule has 2 fully saturated rings. The van der Waals surface area contributed by atoms with Crippen LogP contribution >= 0.6 is 0 Å². The van der Waals surface area contributed by atoms with Gasteiger partial charge in [-0.15, -0.1) is 0 Å². The zero-order valence-corrected chi connectivity index (χ0v) is 14.4. The first-order valence-electron chi connectivity index (χ1n) is 7.78. The van der Waals surface area contributed by atoms with Gasteiger partial charge in [0.2, 0.25) is 0 Å². The van der Waals surface area contributed by atoms with Gasteiger partial charge in [-0.05, 0) is 25.2 Å². The third-order valence-corrected chi connectivity index (χ3v) is 7.00. The highest BCUT2D eigenvalue weighted by atomic mass is 32.2. The molecule has 1 N–H and O–H groups in total. The maximum Gasteiger partial charge on any atom is 0.152 e.